The minimum Gasteiger partial charge on any atom is -0.351 e. The van der Waals surface area contributed by atoms with Crippen LogP contribution in [0.3, 0.4) is 0 Å². The molecule has 2 N–H and O–H groups in total. The molecule has 0 saturated carbocycles. The summed E-state index contributed by atoms with van der Waals surface area (Å²) in [6.45, 7) is 15.3. The van der Waals surface area contributed by atoms with Gasteiger partial charge in [0.05, 0.1) is 0 Å². The summed E-state index contributed by atoms with van der Waals surface area (Å²) >= 11 is 0. The van der Waals surface area contributed by atoms with Gasteiger partial charge in [-0.25, -0.2) is 0 Å². The number of carbonyl (C=O) groups excluding carboxylic acids is 1. The van der Waals surface area contributed by atoms with E-state index in [9.17, 15) is 4.79 Å². The molecule has 0 aromatic rings. The first-order valence-corrected chi connectivity index (χ1v) is 8.11. The van der Waals surface area contributed by atoms with Gasteiger partial charge in [-0.3, -0.25) is 4.79 Å². The van der Waals surface area contributed by atoms with E-state index in [0.717, 1.165) is 19.5 Å². The summed E-state index contributed by atoms with van der Waals surface area (Å²) in [6.07, 6.45) is 4.14. The van der Waals surface area contributed by atoms with Gasteiger partial charge in [-0.2, -0.15) is 0 Å². The third-order valence-corrected chi connectivity index (χ3v) is 4.10. The van der Waals surface area contributed by atoms with Crippen LogP contribution in [0.25, 0.3) is 0 Å². The molecule has 1 heterocycles. The van der Waals surface area contributed by atoms with Crippen LogP contribution >= 0.6 is 12.4 Å². The molecule has 1 fully saturated rings. The summed E-state index contributed by atoms with van der Waals surface area (Å²) in [6, 6.07) is 0. The highest BCUT2D eigenvalue weighted by Gasteiger charge is 2.28. The topological polar surface area (TPSA) is 41.1 Å². The summed E-state index contributed by atoms with van der Waals surface area (Å²) in [5.74, 6) is 1.32. The quantitative estimate of drug-likeness (QED) is 0.810. The molecule has 1 amide bonds. The number of hydrogen-bond acceptors (Lipinski definition) is 2. The molecule has 1 aliphatic rings. The van der Waals surface area contributed by atoms with Crippen LogP contribution in [0.5, 0.6) is 0 Å². The van der Waals surface area contributed by atoms with Gasteiger partial charge in [0, 0.05) is 12.0 Å². The standard InChI is InChI=1S/C17H34N2O.ClH/c1-13(14-8-7-9-18-11-14)10-15(20)19-17(5,6)12-16(2,3)4;/h13-14,18H,7-12H2,1-6H3,(H,19,20);1H. The van der Waals surface area contributed by atoms with Crippen molar-refractivity contribution in [2.75, 3.05) is 13.1 Å². The fourth-order valence-corrected chi connectivity index (χ4v) is 3.62. The number of rotatable bonds is 5. The monoisotopic (exact) mass is 318 g/mol. The first-order chi connectivity index (χ1) is 9.09. The van der Waals surface area contributed by atoms with Crippen molar-refractivity contribution in [1.29, 1.82) is 0 Å². The molecule has 2 unspecified atom stereocenters. The van der Waals surface area contributed by atoms with Crippen LogP contribution in [0.2, 0.25) is 0 Å². The minimum atomic E-state index is -0.125. The van der Waals surface area contributed by atoms with Gasteiger partial charge in [-0.05, 0) is 63.5 Å². The molecule has 1 saturated heterocycles. The number of carbonyl (C=O) groups is 1. The Morgan fingerprint density at radius 2 is 1.90 bits per heavy atom. The fraction of sp³-hybridized carbons (Fsp3) is 0.941. The second-order valence-electron chi connectivity index (χ2n) is 8.46. The van der Waals surface area contributed by atoms with E-state index < -0.39 is 0 Å². The Bertz CT molecular complexity index is 317. The largest absolute Gasteiger partial charge is 0.351 e. The average molecular weight is 319 g/mol. The Morgan fingerprint density at radius 3 is 2.38 bits per heavy atom. The summed E-state index contributed by atoms with van der Waals surface area (Å²) in [5, 5.41) is 6.66. The Labute approximate surface area is 137 Å². The van der Waals surface area contributed by atoms with E-state index in [-0.39, 0.29) is 29.3 Å². The number of nitrogens with one attached hydrogen (secondary N) is 2. The Hall–Kier alpha value is -0.280. The molecule has 0 aromatic carbocycles. The normalized spacial score (nSPS) is 21.3. The number of hydrogen-bond donors (Lipinski definition) is 2. The predicted octanol–water partition coefficient (Wildman–Crippen LogP) is 3.77. The van der Waals surface area contributed by atoms with E-state index in [1.54, 1.807) is 0 Å². The van der Waals surface area contributed by atoms with Gasteiger partial charge in [0.25, 0.3) is 0 Å². The van der Waals surface area contributed by atoms with Gasteiger partial charge in [-0.1, -0.05) is 27.7 Å². The zero-order valence-corrected chi connectivity index (χ0v) is 15.5. The van der Waals surface area contributed by atoms with Gasteiger partial charge in [0.1, 0.15) is 0 Å². The Kier molecular flexibility index (Phi) is 8.27. The first kappa shape index (κ1) is 20.7. The third kappa shape index (κ3) is 8.67. The lowest BCUT2D eigenvalue weighted by Crippen LogP contribution is -2.46. The molecule has 2 atom stereocenters. The van der Waals surface area contributed by atoms with Gasteiger partial charge < -0.3 is 10.6 Å². The molecule has 0 aromatic heterocycles. The molecule has 0 bridgehead atoms. The molecular weight excluding hydrogens is 284 g/mol. The molecule has 3 nitrogen and oxygen atoms in total. The van der Waals surface area contributed by atoms with Crippen molar-refractivity contribution < 1.29 is 4.79 Å². The van der Waals surface area contributed by atoms with Crippen molar-refractivity contribution in [3.8, 4) is 0 Å². The highest BCUT2D eigenvalue weighted by molar-refractivity contribution is 5.85. The summed E-state index contributed by atoms with van der Waals surface area (Å²) in [7, 11) is 0. The Balaban J connectivity index is 0.00000400. The zero-order valence-electron chi connectivity index (χ0n) is 14.7. The molecule has 126 valence electrons. The smallest absolute Gasteiger partial charge is 0.220 e. The Morgan fingerprint density at radius 1 is 1.29 bits per heavy atom. The third-order valence-electron chi connectivity index (χ3n) is 4.10. The van der Waals surface area contributed by atoms with Crippen LogP contribution in [-0.4, -0.2) is 24.5 Å². The number of amides is 1. The maximum atomic E-state index is 12.3. The fourth-order valence-electron chi connectivity index (χ4n) is 3.62. The van der Waals surface area contributed by atoms with Gasteiger partial charge >= 0.3 is 0 Å². The second-order valence-corrected chi connectivity index (χ2v) is 8.46. The van der Waals surface area contributed by atoms with Crippen LogP contribution in [0.15, 0.2) is 0 Å². The van der Waals surface area contributed by atoms with E-state index in [1.165, 1.54) is 12.8 Å². The lowest BCUT2D eigenvalue weighted by Gasteiger charge is -2.34. The van der Waals surface area contributed by atoms with E-state index in [1.807, 2.05) is 0 Å². The summed E-state index contributed by atoms with van der Waals surface area (Å²) in [4.78, 5) is 12.3. The van der Waals surface area contributed by atoms with Gasteiger partial charge in [0.2, 0.25) is 5.91 Å². The van der Waals surface area contributed by atoms with E-state index in [4.69, 9.17) is 0 Å². The van der Waals surface area contributed by atoms with Gasteiger partial charge in [-0.15, -0.1) is 12.4 Å². The summed E-state index contributed by atoms with van der Waals surface area (Å²) in [5.41, 5.74) is 0.107. The van der Waals surface area contributed by atoms with Crippen LogP contribution in [0.4, 0.5) is 0 Å². The number of halogens is 1. The lowest BCUT2D eigenvalue weighted by molar-refractivity contribution is -0.124. The van der Waals surface area contributed by atoms with Crippen molar-refractivity contribution in [2.45, 2.75) is 72.8 Å². The van der Waals surface area contributed by atoms with Crippen molar-refractivity contribution in [1.82, 2.24) is 10.6 Å². The molecule has 0 radical (unpaired) electrons. The lowest BCUT2D eigenvalue weighted by atomic mass is 9.81. The molecule has 1 aliphatic heterocycles. The number of piperidine rings is 1. The van der Waals surface area contributed by atoms with E-state index in [0.29, 0.717) is 18.3 Å². The highest BCUT2D eigenvalue weighted by Crippen LogP contribution is 2.27. The van der Waals surface area contributed by atoms with Crippen molar-refractivity contribution >= 4 is 18.3 Å². The SMILES string of the molecule is CC(CC(=O)NC(C)(C)CC(C)(C)C)C1CCCNC1.Cl. The van der Waals surface area contributed by atoms with E-state index >= 15 is 0 Å². The predicted molar refractivity (Wildman–Crippen MR) is 92.9 cm³/mol. The summed E-state index contributed by atoms with van der Waals surface area (Å²) < 4.78 is 0. The van der Waals surface area contributed by atoms with Crippen molar-refractivity contribution in [3.63, 3.8) is 0 Å². The van der Waals surface area contributed by atoms with Crippen LogP contribution in [0.1, 0.15) is 67.2 Å². The van der Waals surface area contributed by atoms with Crippen LogP contribution in [-0.2, 0) is 4.79 Å². The van der Waals surface area contributed by atoms with Crippen LogP contribution < -0.4 is 10.6 Å². The highest BCUT2D eigenvalue weighted by atomic mass is 35.5. The average Bonchev–Trinajstić information content (AvgIpc) is 2.25. The molecular formula is C17H35ClN2O. The van der Waals surface area contributed by atoms with Crippen molar-refractivity contribution in [2.24, 2.45) is 17.3 Å². The molecule has 21 heavy (non-hydrogen) atoms. The first-order valence-electron chi connectivity index (χ1n) is 8.11. The zero-order chi connectivity index (χ0) is 15.4. The molecule has 0 aliphatic carbocycles. The second kappa shape index (κ2) is 8.38. The molecule has 4 heteroatoms. The van der Waals surface area contributed by atoms with Gasteiger partial charge in [0.15, 0.2) is 0 Å². The molecule has 1 rings (SSSR count). The maximum Gasteiger partial charge on any atom is 0.220 e. The maximum absolute atomic E-state index is 12.3. The minimum absolute atomic E-state index is 0. The van der Waals surface area contributed by atoms with Crippen LogP contribution in [0, 0.1) is 17.3 Å². The van der Waals surface area contributed by atoms with E-state index in [2.05, 4.69) is 52.2 Å². The molecule has 0 spiro atoms. The van der Waals surface area contributed by atoms with Crippen molar-refractivity contribution in [3.05, 3.63) is 0 Å².